The van der Waals surface area contributed by atoms with E-state index in [2.05, 4.69) is 6.58 Å². The maximum Gasteiger partial charge on any atom is 0.201 e. The molecule has 38 heavy (non-hydrogen) atoms. The maximum atomic E-state index is 15.1. The molecule has 1 aliphatic heterocycles. The molecule has 0 amide bonds. The van der Waals surface area contributed by atoms with Crippen LogP contribution in [0.2, 0.25) is 0 Å². The molecular weight excluding hydrogens is 492 g/mol. The van der Waals surface area contributed by atoms with Crippen LogP contribution in [-0.2, 0) is 4.74 Å². The third kappa shape index (κ3) is 6.29. The van der Waals surface area contributed by atoms with E-state index in [0.29, 0.717) is 29.9 Å². The van der Waals surface area contributed by atoms with Crippen LogP contribution in [-0.4, -0.2) is 19.3 Å². The van der Waals surface area contributed by atoms with Crippen LogP contribution >= 0.6 is 0 Å². The number of benzene rings is 3. The Hall–Kier alpha value is -3.12. The molecule has 0 radical (unpaired) electrons. The first-order valence-corrected chi connectivity index (χ1v) is 13.4. The van der Waals surface area contributed by atoms with Gasteiger partial charge in [-0.15, -0.1) is 6.58 Å². The molecule has 1 saturated heterocycles. The van der Waals surface area contributed by atoms with Gasteiger partial charge in [0.05, 0.1) is 19.3 Å². The first kappa shape index (κ1) is 27.9. The van der Waals surface area contributed by atoms with E-state index in [9.17, 15) is 8.78 Å². The molecule has 0 saturated carbocycles. The lowest BCUT2D eigenvalue weighted by Crippen LogP contribution is -2.25. The van der Waals surface area contributed by atoms with E-state index in [1.165, 1.54) is 12.1 Å². The van der Waals surface area contributed by atoms with Gasteiger partial charge in [0, 0.05) is 17.0 Å². The first-order chi connectivity index (χ1) is 18.4. The Labute approximate surface area is 222 Å². The Balaban J connectivity index is 1.48. The molecule has 1 fully saturated rings. The minimum absolute atomic E-state index is 0.0700. The summed E-state index contributed by atoms with van der Waals surface area (Å²) < 4.78 is 70.8. The topological polar surface area (TPSA) is 18.5 Å². The number of hydrogen-bond donors (Lipinski definition) is 0. The molecule has 3 aromatic carbocycles. The van der Waals surface area contributed by atoms with Crippen LogP contribution in [0.3, 0.4) is 0 Å². The Morgan fingerprint density at radius 1 is 0.842 bits per heavy atom. The smallest absolute Gasteiger partial charge is 0.201 e. The molecule has 202 valence electrons. The van der Waals surface area contributed by atoms with Gasteiger partial charge in [-0.25, -0.2) is 13.2 Å². The number of allylic oxidation sites excluding steroid dienone is 1. The van der Waals surface area contributed by atoms with E-state index >= 15 is 8.78 Å². The van der Waals surface area contributed by atoms with Gasteiger partial charge < -0.3 is 9.47 Å². The van der Waals surface area contributed by atoms with Crippen molar-refractivity contribution in [2.45, 2.75) is 63.9 Å². The highest BCUT2D eigenvalue weighted by atomic mass is 19.2. The zero-order valence-electron chi connectivity index (χ0n) is 21.8. The fraction of sp³-hybridized carbons (Fsp3) is 0.375. The average Bonchev–Trinajstić information content (AvgIpc) is 2.94. The number of halogens is 4. The quantitative estimate of drug-likeness (QED) is 0.141. The van der Waals surface area contributed by atoms with E-state index in [0.717, 1.165) is 44.9 Å². The highest BCUT2D eigenvalue weighted by molar-refractivity contribution is 5.72. The normalized spacial score (nSPS) is 17.4. The van der Waals surface area contributed by atoms with Crippen molar-refractivity contribution < 1.29 is 27.0 Å². The molecule has 0 aromatic heterocycles. The summed E-state index contributed by atoms with van der Waals surface area (Å²) in [6.45, 7) is 6.45. The highest BCUT2D eigenvalue weighted by Gasteiger charge is 2.27. The molecule has 6 heteroatoms. The lowest BCUT2D eigenvalue weighted by Gasteiger charge is -2.29. The van der Waals surface area contributed by atoms with Gasteiger partial charge in [-0.05, 0) is 60.9 Å². The van der Waals surface area contributed by atoms with Crippen LogP contribution in [0, 0.1) is 23.3 Å². The first-order valence-electron chi connectivity index (χ1n) is 13.4. The zero-order valence-corrected chi connectivity index (χ0v) is 21.8. The summed E-state index contributed by atoms with van der Waals surface area (Å²) in [6, 6.07) is 12.4. The van der Waals surface area contributed by atoms with Crippen molar-refractivity contribution in [3.63, 3.8) is 0 Å². The summed E-state index contributed by atoms with van der Waals surface area (Å²) in [7, 11) is 0. The summed E-state index contributed by atoms with van der Waals surface area (Å²) >= 11 is 0. The predicted octanol–water partition coefficient (Wildman–Crippen LogP) is 9.37. The molecule has 0 N–H and O–H groups in total. The number of unbranched alkanes of at least 4 members (excludes halogenated alkanes) is 2. The maximum absolute atomic E-state index is 15.1. The summed E-state index contributed by atoms with van der Waals surface area (Å²) in [4.78, 5) is 0. The monoisotopic (exact) mass is 526 g/mol. The van der Waals surface area contributed by atoms with Gasteiger partial charge in [0.15, 0.2) is 23.2 Å². The van der Waals surface area contributed by atoms with Gasteiger partial charge in [0.1, 0.15) is 0 Å². The van der Waals surface area contributed by atoms with Crippen molar-refractivity contribution in [1.29, 1.82) is 0 Å². The zero-order chi connectivity index (χ0) is 27.1. The summed E-state index contributed by atoms with van der Waals surface area (Å²) in [5.41, 5.74) is 1.37. The van der Waals surface area contributed by atoms with Gasteiger partial charge in [-0.1, -0.05) is 62.2 Å². The summed E-state index contributed by atoms with van der Waals surface area (Å²) in [5, 5.41) is 0. The van der Waals surface area contributed by atoms with Gasteiger partial charge in [0.25, 0.3) is 0 Å². The molecule has 2 nitrogen and oxygen atoms in total. The highest BCUT2D eigenvalue weighted by Crippen LogP contribution is 2.36. The summed E-state index contributed by atoms with van der Waals surface area (Å²) in [5.74, 6) is -4.15. The third-order valence-electron chi connectivity index (χ3n) is 7.17. The number of rotatable bonds is 11. The standard InChI is InChI=1S/C32H34F4O2/c1-3-5-7-19-37-28-18-17-26(31(35)32(28)36)22-11-9-21(10-12-22)25-15-16-27(30(34)29(25)33)23-13-14-24(38-20-23)8-6-4-2/h4,9-12,15-18,23-24H,2-3,5-8,13-14,19-20H2,1H3. The molecule has 0 aliphatic carbocycles. The van der Waals surface area contributed by atoms with Crippen molar-refractivity contribution in [2.24, 2.45) is 0 Å². The predicted molar refractivity (Wildman–Crippen MR) is 143 cm³/mol. The van der Waals surface area contributed by atoms with Gasteiger partial charge in [-0.2, -0.15) is 4.39 Å². The third-order valence-corrected chi connectivity index (χ3v) is 7.17. The van der Waals surface area contributed by atoms with Crippen LogP contribution < -0.4 is 4.74 Å². The SMILES string of the molecule is C=CCCC1CCC(c2ccc(-c3ccc(-c4ccc(OCCCCC)c(F)c4F)cc3)c(F)c2F)CO1. The Morgan fingerprint density at radius 2 is 1.50 bits per heavy atom. The number of hydrogen-bond acceptors (Lipinski definition) is 2. The van der Waals surface area contributed by atoms with E-state index in [4.69, 9.17) is 9.47 Å². The minimum atomic E-state index is -1.04. The van der Waals surface area contributed by atoms with Crippen molar-refractivity contribution in [3.05, 3.63) is 90.0 Å². The van der Waals surface area contributed by atoms with Gasteiger partial charge in [-0.3, -0.25) is 0 Å². The second-order valence-corrected chi connectivity index (χ2v) is 9.80. The van der Waals surface area contributed by atoms with Crippen molar-refractivity contribution >= 4 is 0 Å². The van der Waals surface area contributed by atoms with Crippen molar-refractivity contribution in [1.82, 2.24) is 0 Å². The molecular formula is C32H34F4O2. The minimum Gasteiger partial charge on any atom is -0.490 e. The van der Waals surface area contributed by atoms with E-state index in [1.54, 1.807) is 36.4 Å². The average molecular weight is 527 g/mol. The van der Waals surface area contributed by atoms with Crippen LogP contribution in [0.25, 0.3) is 22.3 Å². The Bertz CT molecular complexity index is 1230. The van der Waals surface area contributed by atoms with Crippen LogP contribution in [0.1, 0.15) is 63.4 Å². The van der Waals surface area contributed by atoms with Crippen LogP contribution in [0.15, 0.2) is 61.2 Å². The number of ether oxygens (including phenoxy) is 2. The molecule has 2 unspecified atom stereocenters. The fourth-order valence-electron chi connectivity index (χ4n) is 4.92. The van der Waals surface area contributed by atoms with Crippen LogP contribution in [0.5, 0.6) is 5.75 Å². The second-order valence-electron chi connectivity index (χ2n) is 9.80. The van der Waals surface area contributed by atoms with E-state index in [1.807, 2.05) is 13.0 Å². The van der Waals surface area contributed by atoms with E-state index < -0.39 is 23.3 Å². The molecule has 1 aliphatic rings. The molecule has 1 heterocycles. The lowest BCUT2D eigenvalue weighted by molar-refractivity contribution is -0.000881. The molecule has 3 aromatic rings. The van der Waals surface area contributed by atoms with Crippen LogP contribution in [0.4, 0.5) is 17.6 Å². The summed E-state index contributed by atoms with van der Waals surface area (Å²) in [6.07, 6.45) is 7.98. The largest absolute Gasteiger partial charge is 0.490 e. The van der Waals surface area contributed by atoms with Gasteiger partial charge >= 0.3 is 0 Å². The molecule has 0 bridgehead atoms. The fourth-order valence-corrected chi connectivity index (χ4v) is 4.92. The molecule has 0 spiro atoms. The molecule has 4 rings (SSSR count). The Kier molecular flexibility index (Phi) is 9.62. The Morgan fingerprint density at radius 3 is 2.11 bits per heavy atom. The lowest BCUT2D eigenvalue weighted by atomic mass is 9.88. The second kappa shape index (κ2) is 13.1. The van der Waals surface area contributed by atoms with Crippen molar-refractivity contribution in [2.75, 3.05) is 13.2 Å². The van der Waals surface area contributed by atoms with Crippen molar-refractivity contribution in [3.8, 4) is 28.0 Å². The van der Waals surface area contributed by atoms with Gasteiger partial charge in [0.2, 0.25) is 5.82 Å². The molecule has 2 atom stereocenters. The van der Waals surface area contributed by atoms with E-state index in [-0.39, 0.29) is 28.9 Å².